The van der Waals surface area contributed by atoms with E-state index >= 15 is 0 Å². The second-order valence-electron chi connectivity index (χ2n) is 12.6. The van der Waals surface area contributed by atoms with Crippen LogP contribution >= 0.6 is 0 Å². The Morgan fingerprint density at radius 2 is 1.79 bits per heavy atom. The van der Waals surface area contributed by atoms with Crippen molar-refractivity contribution in [3.8, 4) is 0 Å². The molecule has 17 heteroatoms. The van der Waals surface area contributed by atoms with Gasteiger partial charge in [0.15, 0.2) is 12.4 Å². The van der Waals surface area contributed by atoms with E-state index in [9.17, 15) is 31.1 Å². The van der Waals surface area contributed by atoms with Crippen LogP contribution in [0.3, 0.4) is 0 Å². The average Bonchev–Trinajstić information content (AvgIpc) is 3.74. The predicted octanol–water partition coefficient (Wildman–Crippen LogP) is 5.43. The van der Waals surface area contributed by atoms with E-state index in [4.69, 9.17) is 14.9 Å². The molecule has 1 amide bonds. The summed E-state index contributed by atoms with van der Waals surface area (Å²) < 4.78 is 92.0. The van der Waals surface area contributed by atoms with E-state index in [0.717, 1.165) is 4.90 Å². The Morgan fingerprint density at radius 3 is 2.40 bits per heavy atom. The number of anilines is 4. The molecular weight excluding hydrogens is 634 g/mol. The van der Waals surface area contributed by atoms with Gasteiger partial charge in [-0.25, -0.2) is 15.0 Å². The van der Waals surface area contributed by atoms with Crippen LogP contribution in [-0.4, -0.2) is 88.6 Å². The Balaban J connectivity index is 1.35. The van der Waals surface area contributed by atoms with Gasteiger partial charge in [0, 0.05) is 19.6 Å². The molecule has 0 unspecified atom stereocenters. The van der Waals surface area contributed by atoms with Crippen molar-refractivity contribution in [3.63, 3.8) is 0 Å². The lowest BCUT2D eigenvalue weighted by Crippen LogP contribution is -2.45. The van der Waals surface area contributed by atoms with Crippen LogP contribution < -0.4 is 15.1 Å². The summed E-state index contributed by atoms with van der Waals surface area (Å²) in [5, 5.41) is 10.5. The fourth-order valence-electron chi connectivity index (χ4n) is 7.20. The molecule has 256 valence electrons. The minimum Gasteiger partial charge on any atom is -0.457 e. The number of nitrogens with zero attached hydrogens (tertiary/aromatic N) is 6. The molecule has 2 saturated heterocycles. The van der Waals surface area contributed by atoms with Crippen LogP contribution in [-0.2, 0) is 26.3 Å². The largest absolute Gasteiger partial charge is 0.457 e. The second kappa shape index (κ2) is 12.3. The number of nitrogens with one attached hydrogen (secondary N) is 2. The topological polar surface area (TPSA) is 120 Å². The summed E-state index contributed by atoms with van der Waals surface area (Å²) in [4.78, 5) is 31.9. The number of amides is 1. The quantitative estimate of drug-likeness (QED) is 0.236. The molecular formula is C30H36F6N8O3. The number of pyridine rings is 1. The Labute approximate surface area is 267 Å². The molecule has 6 rings (SSSR count). The molecule has 2 N–H and O–H groups in total. The molecule has 47 heavy (non-hydrogen) atoms. The zero-order valence-electron chi connectivity index (χ0n) is 25.9. The van der Waals surface area contributed by atoms with E-state index in [2.05, 4.69) is 25.2 Å². The molecule has 3 atom stereocenters. The van der Waals surface area contributed by atoms with E-state index in [1.54, 1.807) is 12.1 Å². The average molecular weight is 671 g/mol. The second-order valence-corrected chi connectivity index (χ2v) is 12.6. The van der Waals surface area contributed by atoms with Crippen molar-refractivity contribution in [2.45, 2.75) is 95.0 Å². The molecule has 11 nitrogen and oxygen atoms in total. The fraction of sp³-hybridized carbons (Fsp3) is 0.633. The number of morpholine rings is 1. The number of likely N-dealkylation sites (tertiary alicyclic amines) is 1. The molecule has 3 aliphatic heterocycles. The highest BCUT2D eigenvalue weighted by Crippen LogP contribution is 2.55. The number of fused-ring (bicyclic) bond motifs is 2. The number of alkyl halides is 6. The molecule has 2 aromatic rings. The lowest BCUT2D eigenvalue weighted by atomic mass is 9.80. The van der Waals surface area contributed by atoms with Gasteiger partial charge in [-0.1, -0.05) is 12.8 Å². The first-order valence-corrected chi connectivity index (χ1v) is 15.6. The smallest absolute Gasteiger partial charge is 0.408 e. The fourth-order valence-corrected chi connectivity index (χ4v) is 7.20. The number of rotatable bonds is 6. The summed E-state index contributed by atoms with van der Waals surface area (Å²) in [6, 6.07) is 0.833. The van der Waals surface area contributed by atoms with Gasteiger partial charge in [0.25, 0.3) is 6.02 Å². The Morgan fingerprint density at radius 1 is 1.09 bits per heavy atom. The molecule has 5 heterocycles. The minimum atomic E-state index is -4.61. The zero-order valence-corrected chi connectivity index (χ0v) is 25.9. The minimum absolute atomic E-state index is 0.0132. The van der Waals surface area contributed by atoms with Gasteiger partial charge in [-0.3, -0.25) is 15.1 Å². The van der Waals surface area contributed by atoms with Crippen molar-refractivity contribution in [1.82, 2.24) is 19.9 Å². The van der Waals surface area contributed by atoms with Crippen molar-refractivity contribution in [2.24, 2.45) is 0 Å². The monoisotopic (exact) mass is 670 g/mol. The summed E-state index contributed by atoms with van der Waals surface area (Å²) in [6.45, 7) is 3.08. The van der Waals surface area contributed by atoms with E-state index in [1.807, 2.05) is 13.8 Å². The van der Waals surface area contributed by atoms with E-state index in [-0.39, 0.29) is 60.5 Å². The van der Waals surface area contributed by atoms with Crippen LogP contribution in [0.4, 0.5) is 49.5 Å². The normalized spacial score (nSPS) is 24.3. The number of halogens is 6. The number of hydrogen-bond acceptors (Lipinski definition) is 9. The number of carbonyl (C=O) groups excluding carboxylic acids is 1. The zero-order chi connectivity index (χ0) is 33.7. The van der Waals surface area contributed by atoms with Gasteiger partial charge in [-0.15, -0.1) is 0 Å². The maximum absolute atomic E-state index is 14.3. The number of hydrogen-bond donors (Lipinski definition) is 2. The third kappa shape index (κ3) is 6.50. The number of carbonyl (C=O) groups is 1. The van der Waals surface area contributed by atoms with E-state index in [1.165, 1.54) is 11.1 Å². The molecule has 2 aromatic heterocycles. The molecule has 1 aliphatic carbocycles. The molecule has 0 radical (unpaired) electrons. The van der Waals surface area contributed by atoms with Crippen molar-refractivity contribution in [2.75, 3.05) is 41.3 Å². The molecule has 0 aromatic carbocycles. The van der Waals surface area contributed by atoms with Crippen molar-refractivity contribution < 1.29 is 40.6 Å². The summed E-state index contributed by atoms with van der Waals surface area (Å²) in [5.41, 5.74) is -0.582. The predicted molar refractivity (Wildman–Crippen MR) is 159 cm³/mol. The van der Waals surface area contributed by atoms with Crippen LogP contribution in [0.25, 0.3) is 0 Å². The SMILES string of the molecule is C[C@@H]1CN(c2ccc(N3C(=O)C4(CCCC4)c4c(NCC(F)(F)F)nc(COC(=N)N5CCC[C@@H]5C(F)(F)F)nc43)cn2)C[C@H](C)O1. The van der Waals surface area contributed by atoms with Crippen LogP contribution in [0.5, 0.6) is 0 Å². The van der Waals surface area contributed by atoms with Gasteiger partial charge in [0.05, 0.1) is 35.1 Å². The number of amidine groups is 1. The number of ether oxygens (including phenoxy) is 2. The molecule has 1 spiro atoms. The van der Waals surface area contributed by atoms with E-state index in [0.29, 0.717) is 50.3 Å². The van der Waals surface area contributed by atoms with Gasteiger partial charge >= 0.3 is 12.4 Å². The Kier molecular flexibility index (Phi) is 8.63. The van der Waals surface area contributed by atoms with Crippen molar-refractivity contribution in [1.29, 1.82) is 5.41 Å². The van der Waals surface area contributed by atoms with Crippen LogP contribution in [0.2, 0.25) is 0 Å². The van der Waals surface area contributed by atoms with Gasteiger partial charge in [0.1, 0.15) is 30.0 Å². The van der Waals surface area contributed by atoms with Gasteiger partial charge in [-0.2, -0.15) is 26.3 Å². The number of aromatic nitrogens is 3. The van der Waals surface area contributed by atoms with Crippen LogP contribution in [0, 0.1) is 5.41 Å². The van der Waals surface area contributed by atoms with Crippen molar-refractivity contribution >= 4 is 35.1 Å². The van der Waals surface area contributed by atoms with Gasteiger partial charge in [-0.05, 0) is 51.7 Å². The first-order valence-electron chi connectivity index (χ1n) is 15.6. The molecule has 1 saturated carbocycles. The highest BCUT2D eigenvalue weighted by atomic mass is 19.4. The Bertz CT molecular complexity index is 1490. The maximum Gasteiger partial charge on any atom is 0.408 e. The lowest BCUT2D eigenvalue weighted by Gasteiger charge is -2.36. The van der Waals surface area contributed by atoms with E-state index < -0.39 is 43.0 Å². The molecule has 3 fully saturated rings. The standard InChI is InChI=1S/C30H36F6N8O3/c1-17-13-42(14-18(2)47-17)22-8-7-19(12-38-22)44-25-23(28(26(44)45)9-3-4-10-28)24(39-16-29(31,32)33)40-21(41-25)15-46-27(37)43-11-5-6-20(43)30(34,35)36/h7-8,12,17-18,20,37H,3-6,9-11,13-16H2,1-2H3,(H,39,40,41)/t17-,18+,20-/m1/s1. The van der Waals surface area contributed by atoms with Gasteiger partial charge < -0.3 is 24.6 Å². The van der Waals surface area contributed by atoms with Crippen LogP contribution in [0.1, 0.15) is 63.8 Å². The van der Waals surface area contributed by atoms with Crippen LogP contribution in [0.15, 0.2) is 18.3 Å². The first-order chi connectivity index (χ1) is 22.2. The lowest BCUT2D eigenvalue weighted by molar-refractivity contribution is -0.169. The molecule has 0 bridgehead atoms. The third-order valence-corrected chi connectivity index (χ3v) is 9.12. The first kappa shape index (κ1) is 33.0. The van der Waals surface area contributed by atoms with Gasteiger partial charge in [0.2, 0.25) is 5.91 Å². The summed E-state index contributed by atoms with van der Waals surface area (Å²) in [6.07, 6.45) is -5.58. The Hall–Kier alpha value is -3.89. The highest BCUT2D eigenvalue weighted by Gasteiger charge is 2.56. The summed E-state index contributed by atoms with van der Waals surface area (Å²) in [5.74, 6) is -0.0483. The third-order valence-electron chi connectivity index (χ3n) is 9.12. The molecule has 4 aliphatic rings. The summed E-state index contributed by atoms with van der Waals surface area (Å²) >= 11 is 0. The highest BCUT2D eigenvalue weighted by molar-refractivity contribution is 6.13. The van der Waals surface area contributed by atoms with Crippen molar-refractivity contribution in [3.05, 3.63) is 29.7 Å². The maximum atomic E-state index is 14.3. The summed E-state index contributed by atoms with van der Waals surface area (Å²) in [7, 11) is 0.